The summed E-state index contributed by atoms with van der Waals surface area (Å²) in [4.78, 5) is 37.6. The Morgan fingerprint density at radius 2 is 1.68 bits per heavy atom. The average molecular weight is 418 g/mol. The summed E-state index contributed by atoms with van der Waals surface area (Å²) in [5.74, 6) is -0.139. The highest BCUT2D eigenvalue weighted by Gasteiger charge is 2.15. The Kier molecular flexibility index (Phi) is 5.71. The lowest BCUT2D eigenvalue weighted by atomic mass is 10.0. The van der Waals surface area contributed by atoms with Crippen LogP contribution in [0.2, 0.25) is 0 Å². The summed E-state index contributed by atoms with van der Waals surface area (Å²) in [6.45, 7) is 1.88. The zero-order valence-electron chi connectivity index (χ0n) is 18.3. The number of nitrogens with zero attached hydrogens (tertiary/aromatic N) is 3. The number of carbonyl (C=O) groups excluding carboxylic acids is 1. The molecule has 1 aromatic heterocycles. The maximum atomic E-state index is 12.8. The first kappa shape index (κ1) is 21.0. The number of hydrogen-bond acceptors (Lipinski definition) is 5. The van der Waals surface area contributed by atoms with Gasteiger partial charge in [-0.15, -0.1) is 0 Å². The van der Waals surface area contributed by atoms with Crippen molar-refractivity contribution in [2.45, 2.75) is 6.54 Å². The molecule has 0 spiro atoms. The Bertz CT molecular complexity index is 1340. The van der Waals surface area contributed by atoms with Crippen LogP contribution in [0.3, 0.4) is 0 Å². The topological polar surface area (TPSA) is 81.3 Å². The summed E-state index contributed by atoms with van der Waals surface area (Å²) in [7, 11) is 7.83. The third-order valence-corrected chi connectivity index (χ3v) is 5.34. The van der Waals surface area contributed by atoms with Crippen LogP contribution in [-0.2, 0) is 6.54 Å². The van der Waals surface area contributed by atoms with Crippen LogP contribution in [0.15, 0.2) is 47.3 Å². The van der Waals surface area contributed by atoms with Crippen LogP contribution in [0.25, 0.3) is 32.8 Å². The minimum atomic E-state index is -0.139. The number of likely N-dealkylation sites (N-methyl/N-ethyl adjacent to an activating group) is 1. The van der Waals surface area contributed by atoms with Gasteiger partial charge in [0.05, 0.1) is 27.6 Å². The lowest BCUT2D eigenvalue weighted by Gasteiger charge is -2.14. The lowest BCUT2D eigenvalue weighted by Crippen LogP contribution is -2.31. The Morgan fingerprint density at radius 1 is 0.935 bits per heavy atom. The molecule has 0 fully saturated rings. The van der Waals surface area contributed by atoms with E-state index < -0.39 is 0 Å². The minimum absolute atomic E-state index is 0.0234. The van der Waals surface area contributed by atoms with Gasteiger partial charge in [0.15, 0.2) is 5.43 Å². The monoisotopic (exact) mass is 417 g/mol. The Labute approximate surface area is 180 Å². The first-order valence-corrected chi connectivity index (χ1v) is 10.3. The van der Waals surface area contributed by atoms with Crippen molar-refractivity contribution in [2.75, 3.05) is 41.3 Å². The second-order valence-electron chi connectivity index (χ2n) is 8.33. The molecule has 1 amide bonds. The van der Waals surface area contributed by atoms with Gasteiger partial charge in [-0.3, -0.25) is 9.59 Å². The van der Waals surface area contributed by atoms with Crippen molar-refractivity contribution < 1.29 is 4.79 Å². The number of amides is 1. The van der Waals surface area contributed by atoms with Crippen LogP contribution in [0, 0.1) is 0 Å². The highest BCUT2D eigenvalue weighted by atomic mass is 16.1. The quantitative estimate of drug-likeness (QED) is 0.372. The zero-order valence-corrected chi connectivity index (χ0v) is 18.3. The summed E-state index contributed by atoms with van der Waals surface area (Å²) >= 11 is 0. The standard InChI is InChI=1S/C24H27N5O2/c1-28(2)13-12-25-24(31)17-6-5-7-19-23(17)27-22-16-9-11-21(30)18(14-29(3)4)15(16)8-10-20(22)26-19/h5-11,27H,12-14H2,1-4H3,(H,25,31). The Balaban J connectivity index is 1.89. The number of aromatic nitrogens is 2. The molecule has 0 unspecified atom stereocenters. The second kappa shape index (κ2) is 8.45. The fourth-order valence-electron chi connectivity index (χ4n) is 3.84. The number of aromatic amines is 1. The number of nitrogens with one attached hydrogen (secondary N) is 2. The first-order valence-electron chi connectivity index (χ1n) is 10.3. The molecule has 2 N–H and O–H groups in total. The fourth-order valence-corrected chi connectivity index (χ4v) is 3.84. The molecule has 0 saturated heterocycles. The van der Waals surface area contributed by atoms with E-state index in [0.29, 0.717) is 24.2 Å². The van der Waals surface area contributed by atoms with Gasteiger partial charge in [0.25, 0.3) is 5.91 Å². The molecule has 0 radical (unpaired) electrons. The van der Waals surface area contributed by atoms with E-state index >= 15 is 0 Å². The van der Waals surface area contributed by atoms with Crippen LogP contribution >= 0.6 is 0 Å². The maximum Gasteiger partial charge on any atom is 0.253 e. The molecule has 0 atom stereocenters. The smallest absolute Gasteiger partial charge is 0.253 e. The molecule has 31 heavy (non-hydrogen) atoms. The van der Waals surface area contributed by atoms with E-state index in [1.165, 1.54) is 0 Å². The Hall–Kier alpha value is -3.29. The largest absolute Gasteiger partial charge is 0.351 e. The van der Waals surface area contributed by atoms with Crippen LogP contribution in [0.1, 0.15) is 15.9 Å². The molecular formula is C24H27N5O2. The van der Waals surface area contributed by atoms with Crippen LogP contribution in [-0.4, -0.2) is 67.0 Å². The molecule has 0 aliphatic rings. The van der Waals surface area contributed by atoms with Crippen molar-refractivity contribution in [3.05, 3.63) is 63.8 Å². The van der Waals surface area contributed by atoms with Crippen LogP contribution in [0.4, 0.5) is 0 Å². The summed E-state index contributed by atoms with van der Waals surface area (Å²) in [6.07, 6.45) is 0. The Morgan fingerprint density at radius 3 is 2.42 bits per heavy atom. The molecule has 3 aromatic carbocycles. The summed E-state index contributed by atoms with van der Waals surface area (Å²) in [5, 5.41) is 4.79. The lowest BCUT2D eigenvalue weighted by molar-refractivity contribution is 0.0952. The van der Waals surface area contributed by atoms with E-state index in [2.05, 4.69) is 10.3 Å². The van der Waals surface area contributed by atoms with E-state index in [1.807, 2.05) is 68.3 Å². The molecule has 1 heterocycles. The minimum Gasteiger partial charge on any atom is -0.351 e. The van der Waals surface area contributed by atoms with Crippen LogP contribution in [0.5, 0.6) is 0 Å². The van der Waals surface area contributed by atoms with E-state index in [0.717, 1.165) is 39.4 Å². The normalized spacial score (nSPS) is 11.8. The molecule has 0 bridgehead atoms. The van der Waals surface area contributed by atoms with Gasteiger partial charge >= 0.3 is 0 Å². The molecule has 7 heteroatoms. The van der Waals surface area contributed by atoms with Crippen LogP contribution < -0.4 is 10.7 Å². The second-order valence-corrected chi connectivity index (χ2v) is 8.33. The predicted molar refractivity (Wildman–Crippen MR) is 126 cm³/mol. The number of hydrogen-bond donors (Lipinski definition) is 2. The molecule has 4 aromatic rings. The molecule has 160 valence electrons. The number of rotatable bonds is 6. The zero-order chi connectivity index (χ0) is 22.1. The molecule has 0 saturated carbocycles. The van der Waals surface area contributed by atoms with E-state index in [1.54, 1.807) is 12.1 Å². The summed E-state index contributed by atoms with van der Waals surface area (Å²) < 4.78 is 0. The van der Waals surface area contributed by atoms with Gasteiger partial charge in [0, 0.05) is 30.6 Å². The summed E-state index contributed by atoms with van der Waals surface area (Å²) in [6, 6.07) is 12.9. The highest BCUT2D eigenvalue weighted by molar-refractivity contribution is 6.10. The summed E-state index contributed by atoms with van der Waals surface area (Å²) in [5.41, 5.74) is 4.35. The first-order chi connectivity index (χ1) is 14.8. The molecule has 0 aliphatic carbocycles. The predicted octanol–water partition coefficient (Wildman–Crippen LogP) is 2.58. The average Bonchev–Trinajstić information content (AvgIpc) is 2.73. The number of H-pyrrole nitrogens is 1. The molecule has 4 rings (SSSR count). The number of fused-ring (bicyclic) bond motifs is 4. The third kappa shape index (κ3) is 4.15. The van der Waals surface area contributed by atoms with Gasteiger partial charge < -0.3 is 20.1 Å². The van der Waals surface area contributed by atoms with Gasteiger partial charge in [-0.2, -0.15) is 0 Å². The van der Waals surface area contributed by atoms with Gasteiger partial charge in [0.1, 0.15) is 0 Å². The van der Waals surface area contributed by atoms with Crippen molar-refractivity contribution in [3.63, 3.8) is 0 Å². The maximum absolute atomic E-state index is 12.8. The molecule has 7 nitrogen and oxygen atoms in total. The van der Waals surface area contributed by atoms with Crippen molar-refractivity contribution in [2.24, 2.45) is 0 Å². The number of carbonyl (C=O) groups is 1. The molecular weight excluding hydrogens is 390 g/mol. The van der Waals surface area contributed by atoms with Gasteiger partial charge in [-0.25, -0.2) is 4.98 Å². The molecule has 0 aliphatic heterocycles. The number of benzene rings is 3. The highest BCUT2D eigenvalue weighted by Crippen LogP contribution is 2.27. The van der Waals surface area contributed by atoms with Crippen molar-refractivity contribution >= 4 is 38.7 Å². The van der Waals surface area contributed by atoms with Gasteiger partial charge in [-0.1, -0.05) is 12.1 Å². The van der Waals surface area contributed by atoms with Crippen molar-refractivity contribution in [1.82, 2.24) is 25.1 Å². The van der Waals surface area contributed by atoms with E-state index in [4.69, 9.17) is 4.98 Å². The van der Waals surface area contributed by atoms with Crippen molar-refractivity contribution in [3.8, 4) is 0 Å². The van der Waals surface area contributed by atoms with E-state index in [-0.39, 0.29) is 11.3 Å². The van der Waals surface area contributed by atoms with Gasteiger partial charge in [0.2, 0.25) is 0 Å². The SMILES string of the molecule is CN(C)CCNC(=O)c1cccc2nc3ccc4c(CN(C)C)c(=O)ccc4c3[nH]c12. The third-order valence-electron chi connectivity index (χ3n) is 5.34. The van der Waals surface area contributed by atoms with Crippen molar-refractivity contribution in [1.29, 1.82) is 0 Å². The van der Waals surface area contributed by atoms with E-state index in [9.17, 15) is 9.59 Å². The van der Waals surface area contributed by atoms with Gasteiger partial charge in [-0.05, 0) is 63.9 Å². The number of para-hydroxylation sites is 1. The fraction of sp³-hybridized carbons (Fsp3) is 0.292.